The van der Waals surface area contributed by atoms with E-state index in [1.807, 2.05) is 18.2 Å². The van der Waals surface area contributed by atoms with E-state index < -0.39 is 10.0 Å². The Morgan fingerprint density at radius 2 is 1.79 bits per heavy atom. The predicted molar refractivity (Wildman–Crippen MR) is 132 cm³/mol. The number of unbranched alkanes of at least 4 members (excludes halogenated alkanes) is 1. The van der Waals surface area contributed by atoms with Gasteiger partial charge < -0.3 is 4.74 Å². The van der Waals surface area contributed by atoms with Crippen LogP contribution in [0.5, 0.6) is 5.75 Å². The average Bonchev–Trinajstić information content (AvgIpc) is 3.40. The van der Waals surface area contributed by atoms with Crippen LogP contribution >= 0.6 is 15.9 Å². The number of rotatable bonds is 10. The first-order chi connectivity index (χ1) is 15.9. The van der Waals surface area contributed by atoms with Crippen molar-refractivity contribution in [2.24, 2.45) is 23.7 Å². The first-order valence-corrected chi connectivity index (χ1v) is 13.9. The van der Waals surface area contributed by atoms with Crippen LogP contribution in [0.15, 0.2) is 76.1 Å². The summed E-state index contributed by atoms with van der Waals surface area (Å²) in [5.74, 6) is 2.30. The highest BCUT2D eigenvalue weighted by atomic mass is 79.9. The standard InChI is InChI=1S/C26H30BrNO4S/c27-21-13-15-23(16-14-21)33(30,31)28-18-25-20-12-11-19(17-20)24(25)9-5-2-6-10-26(29)32-22-7-3-1-4-8-22/h1,3-5,7-9,13-16,19-20,24-25,28H,2,6,10-12,17-18H2/b9-5-. The lowest BCUT2D eigenvalue weighted by Gasteiger charge is -2.29. The summed E-state index contributed by atoms with van der Waals surface area (Å²) < 4.78 is 34.5. The van der Waals surface area contributed by atoms with Crippen molar-refractivity contribution in [3.05, 3.63) is 71.2 Å². The summed E-state index contributed by atoms with van der Waals surface area (Å²) in [6, 6.07) is 15.8. The van der Waals surface area contributed by atoms with Gasteiger partial charge in [-0.05, 0) is 92.2 Å². The number of benzene rings is 2. The van der Waals surface area contributed by atoms with Crippen LogP contribution in [-0.4, -0.2) is 20.9 Å². The zero-order valence-electron chi connectivity index (χ0n) is 18.5. The van der Waals surface area contributed by atoms with E-state index in [4.69, 9.17) is 4.74 Å². The fraction of sp³-hybridized carbons (Fsp3) is 0.423. The van der Waals surface area contributed by atoms with Crippen molar-refractivity contribution in [1.82, 2.24) is 4.72 Å². The van der Waals surface area contributed by atoms with Gasteiger partial charge in [-0.1, -0.05) is 46.3 Å². The molecule has 5 nitrogen and oxygen atoms in total. The second-order valence-electron chi connectivity index (χ2n) is 8.99. The zero-order valence-corrected chi connectivity index (χ0v) is 20.9. The lowest BCUT2D eigenvalue weighted by molar-refractivity contribution is -0.134. The van der Waals surface area contributed by atoms with Gasteiger partial charge in [-0.2, -0.15) is 0 Å². The molecule has 0 saturated heterocycles. The summed E-state index contributed by atoms with van der Waals surface area (Å²) in [4.78, 5) is 12.3. The van der Waals surface area contributed by atoms with Gasteiger partial charge in [-0.3, -0.25) is 4.79 Å². The molecule has 4 unspecified atom stereocenters. The summed E-state index contributed by atoms with van der Waals surface area (Å²) in [7, 11) is -3.52. The van der Waals surface area contributed by atoms with E-state index in [1.165, 1.54) is 19.3 Å². The van der Waals surface area contributed by atoms with Gasteiger partial charge in [-0.15, -0.1) is 0 Å². The smallest absolute Gasteiger partial charge is 0.311 e. The monoisotopic (exact) mass is 531 g/mol. The van der Waals surface area contributed by atoms with Gasteiger partial charge in [0.15, 0.2) is 0 Å². The highest BCUT2D eigenvalue weighted by Gasteiger charge is 2.46. The average molecular weight is 533 g/mol. The van der Waals surface area contributed by atoms with Crippen molar-refractivity contribution in [2.45, 2.75) is 43.4 Å². The maximum absolute atomic E-state index is 12.7. The molecule has 2 aromatic carbocycles. The van der Waals surface area contributed by atoms with Gasteiger partial charge in [0.2, 0.25) is 10.0 Å². The third-order valence-corrected chi connectivity index (χ3v) is 8.84. The van der Waals surface area contributed by atoms with Gasteiger partial charge in [0, 0.05) is 17.4 Å². The number of sulfonamides is 1. The molecule has 33 heavy (non-hydrogen) atoms. The Balaban J connectivity index is 1.26. The number of ether oxygens (including phenoxy) is 1. The van der Waals surface area contributed by atoms with Crippen molar-refractivity contribution in [3.63, 3.8) is 0 Å². The van der Waals surface area contributed by atoms with Crippen molar-refractivity contribution in [3.8, 4) is 5.75 Å². The molecule has 2 aliphatic carbocycles. The third kappa shape index (κ3) is 6.34. The van der Waals surface area contributed by atoms with Gasteiger partial charge in [-0.25, -0.2) is 13.1 Å². The fourth-order valence-electron chi connectivity index (χ4n) is 5.25. The summed E-state index contributed by atoms with van der Waals surface area (Å²) in [5.41, 5.74) is 0. The first kappa shape index (κ1) is 24.2. The number of allylic oxidation sites excluding steroid dienone is 2. The maximum Gasteiger partial charge on any atom is 0.311 e. The van der Waals surface area contributed by atoms with Crippen LogP contribution < -0.4 is 9.46 Å². The summed E-state index contributed by atoms with van der Waals surface area (Å²) in [5, 5.41) is 0. The van der Waals surface area contributed by atoms with Crippen LogP contribution in [0.25, 0.3) is 0 Å². The van der Waals surface area contributed by atoms with Crippen LogP contribution in [0.2, 0.25) is 0 Å². The molecule has 2 saturated carbocycles. The molecule has 0 spiro atoms. The normalized spacial score (nSPS) is 24.4. The van der Waals surface area contributed by atoms with Gasteiger partial charge in [0.1, 0.15) is 5.75 Å². The van der Waals surface area contributed by atoms with E-state index in [0.29, 0.717) is 47.3 Å². The summed E-state index contributed by atoms with van der Waals surface area (Å²) >= 11 is 3.34. The van der Waals surface area contributed by atoms with E-state index in [1.54, 1.807) is 36.4 Å². The maximum atomic E-state index is 12.7. The third-order valence-electron chi connectivity index (χ3n) is 6.88. The number of carbonyl (C=O) groups is 1. The Bertz CT molecular complexity index is 1070. The van der Waals surface area contributed by atoms with E-state index in [2.05, 4.69) is 32.8 Å². The molecule has 4 rings (SSSR count). The van der Waals surface area contributed by atoms with Crippen LogP contribution in [0.1, 0.15) is 38.5 Å². The molecule has 2 aliphatic rings. The number of nitrogens with one attached hydrogen (secondary N) is 1. The molecule has 0 aliphatic heterocycles. The number of halogens is 1. The zero-order chi connectivity index (χ0) is 23.3. The molecule has 2 fully saturated rings. The van der Waals surface area contributed by atoms with Crippen LogP contribution in [0.3, 0.4) is 0 Å². The van der Waals surface area contributed by atoms with E-state index in [-0.39, 0.29) is 5.97 Å². The minimum Gasteiger partial charge on any atom is -0.427 e. The van der Waals surface area contributed by atoms with E-state index in [9.17, 15) is 13.2 Å². The van der Waals surface area contributed by atoms with Crippen molar-refractivity contribution in [2.75, 3.05) is 6.54 Å². The predicted octanol–water partition coefficient (Wildman–Crippen LogP) is 5.72. The molecule has 0 aromatic heterocycles. The minimum absolute atomic E-state index is 0.213. The molecule has 0 heterocycles. The summed E-state index contributed by atoms with van der Waals surface area (Å²) in [6.45, 7) is 0.470. The van der Waals surface area contributed by atoms with Crippen LogP contribution in [-0.2, 0) is 14.8 Å². The highest BCUT2D eigenvalue weighted by molar-refractivity contribution is 9.10. The largest absolute Gasteiger partial charge is 0.427 e. The van der Waals surface area contributed by atoms with Crippen molar-refractivity contribution in [1.29, 1.82) is 0 Å². The van der Waals surface area contributed by atoms with Gasteiger partial charge in [0.25, 0.3) is 0 Å². The number of esters is 1. The Labute approximate surface area is 204 Å². The van der Waals surface area contributed by atoms with Crippen molar-refractivity contribution >= 4 is 31.9 Å². The van der Waals surface area contributed by atoms with Gasteiger partial charge in [0.05, 0.1) is 4.90 Å². The number of fused-ring (bicyclic) bond motifs is 2. The number of hydrogen-bond acceptors (Lipinski definition) is 4. The molecule has 0 amide bonds. The fourth-order valence-corrected chi connectivity index (χ4v) is 6.59. The molecule has 0 radical (unpaired) electrons. The molecule has 2 bridgehead atoms. The van der Waals surface area contributed by atoms with E-state index in [0.717, 1.165) is 17.3 Å². The molecule has 4 atom stereocenters. The molecule has 2 aromatic rings. The molecule has 176 valence electrons. The topological polar surface area (TPSA) is 72.5 Å². The SMILES string of the molecule is O=C(CCC/C=C\C1C2CCC(C2)C1CNS(=O)(=O)c1ccc(Br)cc1)Oc1ccccc1. The molecular weight excluding hydrogens is 502 g/mol. The highest BCUT2D eigenvalue weighted by Crippen LogP contribution is 2.52. The van der Waals surface area contributed by atoms with Gasteiger partial charge >= 0.3 is 5.97 Å². The van der Waals surface area contributed by atoms with E-state index >= 15 is 0 Å². The first-order valence-electron chi connectivity index (χ1n) is 11.6. The number of hydrogen-bond donors (Lipinski definition) is 1. The van der Waals surface area contributed by atoms with Crippen LogP contribution in [0.4, 0.5) is 0 Å². The Morgan fingerprint density at radius 3 is 2.55 bits per heavy atom. The Hall–Kier alpha value is -1.96. The Kier molecular flexibility index (Phi) is 8.04. The number of para-hydroxylation sites is 1. The second kappa shape index (κ2) is 11.0. The lowest BCUT2D eigenvalue weighted by Crippen LogP contribution is -2.35. The molecular formula is C26H30BrNO4S. The minimum atomic E-state index is -3.52. The second-order valence-corrected chi connectivity index (χ2v) is 11.7. The molecule has 7 heteroatoms. The lowest BCUT2D eigenvalue weighted by atomic mass is 9.79. The molecule has 1 N–H and O–H groups in total. The summed E-state index contributed by atoms with van der Waals surface area (Å²) in [6.07, 6.45) is 9.96. The number of carbonyl (C=O) groups excluding carboxylic acids is 1. The van der Waals surface area contributed by atoms with Crippen molar-refractivity contribution < 1.29 is 17.9 Å². The van der Waals surface area contributed by atoms with Crippen LogP contribution in [0, 0.1) is 23.7 Å². The Morgan fingerprint density at radius 1 is 1.06 bits per heavy atom. The quantitative estimate of drug-likeness (QED) is 0.184.